The first kappa shape index (κ1) is 13.9. The fourth-order valence-corrected chi connectivity index (χ4v) is 2.85. The van der Waals surface area contributed by atoms with Crippen LogP contribution in [0.25, 0.3) is 0 Å². The first-order chi connectivity index (χ1) is 9.83. The average molecular weight is 275 g/mol. The summed E-state index contributed by atoms with van der Waals surface area (Å²) in [6, 6.07) is 9.29. The molecule has 0 aliphatic heterocycles. The molecule has 0 saturated heterocycles. The van der Waals surface area contributed by atoms with E-state index in [2.05, 4.69) is 29.6 Å². The van der Waals surface area contributed by atoms with Crippen LogP contribution >= 0.6 is 0 Å². The minimum Gasteiger partial charge on any atom is -0.490 e. The Morgan fingerprint density at radius 2 is 1.80 bits per heavy atom. The van der Waals surface area contributed by atoms with Crippen LogP contribution in [0.3, 0.4) is 0 Å². The predicted molar refractivity (Wildman–Crippen MR) is 80.0 cm³/mol. The van der Waals surface area contributed by atoms with Crippen LogP contribution in [0.15, 0.2) is 24.3 Å². The fourth-order valence-electron chi connectivity index (χ4n) is 2.85. The maximum atomic E-state index is 6.08. The molecule has 1 aromatic rings. The van der Waals surface area contributed by atoms with Crippen LogP contribution in [0.5, 0.6) is 5.75 Å². The van der Waals surface area contributed by atoms with Crippen LogP contribution in [-0.4, -0.2) is 25.4 Å². The number of methoxy groups -OCH3 is 1. The summed E-state index contributed by atoms with van der Waals surface area (Å²) in [4.78, 5) is 0. The second kappa shape index (κ2) is 6.59. The summed E-state index contributed by atoms with van der Waals surface area (Å²) in [5.41, 5.74) is 1.34. The van der Waals surface area contributed by atoms with Gasteiger partial charge in [-0.1, -0.05) is 12.1 Å². The SMILES string of the molecule is COC1CCCC(Oc2ccc(CNC3CC3)cc2)C1. The molecule has 2 atom stereocenters. The molecule has 2 fully saturated rings. The van der Waals surface area contributed by atoms with Crippen molar-refractivity contribution in [2.45, 2.75) is 63.3 Å². The second-order valence-corrected chi connectivity index (χ2v) is 6.06. The van der Waals surface area contributed by atoms with Crippen molar-refractivity contribution in [1.82, 2.24) is 5.32 Å². The lowest BCUT2D eigenvalue weighted by Crippen LogP contribution is -2.29. The number of nitrogens with one attached hydrogen (secondary N) is 1. The molecule has 2 unspecified atom stereocenters. The highest BCUT2D eigenvalue weighted by molar-refractivity contribution is 5.27. The van der Waals surface area contributed by atoms with Crippen molar-refractivity contribution in [2.75, 3.05) is 7.11 Å². The molecule has 0 spiro atoms. The van der Waals surface area contributed by atoms with Gasteiger partial charge >= 0.3 is 0 Å². The summed E-state index contributed by atoms with van der Waals surface area (Å²) in [5.74, 6) is 0.988. The van der Waals surface area contributed by atoms with Gasteiger partial charge < -0.3 is 14.8 Å². The van der Waals surface area contributed by atoms with Crippen molar-refractivity contribution in [3.05, 3.63) is 29.8 Å². The topological polar surface area (TPSA) is 30.5 Å². The van der Waals surface area contributed by atoms with E-state index >= 15 is 0 Å². The van der Waals surface area contributed by atoms with Crippen molar-refractivity contribution in [1.29, 1.82) is 0 Å². The monoisotopic (exact) mass is 275 g/mol. The smallest absolute Gasteiger partial charge is 0.119 e. The summed E-state index contributed by atoms with van der Waals surface area (Å²) in [7, 11) is 1.80. The third-order valence-electron chi connectivity index (χ3n) is 4.31. The summed E-state index contributed by atoms with van der Waals surface area (Å²) in [6.07, 6.45) is 7.88. The van der Waals surface area contributed by atoms with Crippen LogP contribution < -0.4 is 10.1 Å². The summed E-state index contributed by atoms with van der Waals surface area (Å²) in [5, 5.41) is 3.53. The number of ether oxygens (including phenoxy) is 2. The van der Waals surface area contributed by atoms with Gasteiger partial charge in [0.05, 0.1) is 6.10 Å². The van der Waals surface area contributed by atoms with Gasteiger partial charge in [-0.2, -0.15) is 0 Å². The molecule has 0 amide bonds. The normalized spacial score (nSPS) is 26.4. The molecule has 0 aromatic heterocycles. The summed E-state index contributed by atoms with van der Waals surface area (Å²) < 4.78 is 11.5. The Morgan fingerprint density at radius 3 is 2.50 bits per heavy atom. The number of rotatable bonds is 6. The van der Waals surface area contributed by atoms with Gasteiger partial charge in [0.2, 0.25) is 0 Å². The highest BCUT2D eigenvalue weighted by Crippen LogP contribution is 2.25. The molecular formula is C17H25NO2. The molecular weight excluding hydrogens is 250 g/mol. The standard InChI is InChI=1S/C17H25NO2/c1-19-16-3-2-4-17(11-16)20-15-9-5-13(6-10-15)12-18-14-7-8-14/h5-6,9-10,14,16-18H,2-4,7-8,11-12H2,1H3. The molecule has 1 aromatic carbocycles. The van der Waals surface area contributed by atoms with E-state index in [1.165, 1.54) is 31.2 Å². The Hall–Kier alpha value is -1.06. The second-order valence-electron chi connectivity index (χ2n) is 6.06. The number of hydrogen-bond donors (Lipinski definition) is 1. The van der Waals surface area contributed by atoms with E-state index in [9.17, 15) is 0 Å². The zero-order valence-corrected chi connectivity index (χ0v) is 12.3. The Bertz CT molecular complexity index is 414. The molecule has 0 bridgehead atoms. The van der Waals surface area contributed by atoms with Gasteiger partial charge in [-0.25, -0.2) is 0 Å². The number of hydrogen-bond acceptors (Lipinski definition) is 3. The highest BCUT2D eigenvalue weighted by atomic mass is 16.5. The van der Waals surface area contributed by atoms with Gasteiger partial charge in [-0.3, -0.25) is 0 Å². The Morgan fingerprint density at radius 1 is 1.05 bits per heavy atom. The predicted octanol–water partition coefficient (Wildman–Crippen LogP) is 3.28. The van der Waals surface area contributed by atoms with E-state index in [0.717, 1.165) is 31.2 Å². The largest absolute Gasteiger partial charge is 0.490 e. The Kier molecular flexibility index (Phi) is 4.58. The van der Waals surface area contributed by atoms with Gasteiger partial charge in [0.1, 0.15) is 11.9 Å². The molecule has 3 nitrogen and oxygen atoms in total. The molecule has 0 heterocycles. The van der Waals surface area contributed by atoms with Crippen LogP contribution in [0.1, 0.15) is 44.1 Å². The van der Waals surface area contributed by atoms with Crippen molar-refractivity contribution in [3.63, 3.8) is 0 Å². The third kappa shape index (κ3) is 3.97. The molecule has 2 aliphatic rings. The third-order valence-corrected chi connectivity index (χ3v) is 4.31. The van der Waals surface area contributed by atoms with E-state index in [-0.39, 0.29) is 0 Å². The van der Waals surface area contributed by atoms with E-state index in [1.54, 1.807) is 7.11 Å². The van der Waals surface area contributed by atoms with Gasteiger partial charge in [-0.15, -0.1) is 0 Å². The molecule has 2 aliphatic carbocycles. The Balaban J connectivity index is 1.49. The summed E-state index contributed by atoms with van der Waals surface area (Å²) >= 11 is 0. The van der Waals surface area contributed by atoms with Crippen LogP contribution in [-0.2, 0) is 11.3 Å². The van der Waals surface area contributed by atoms with Crippen LogP contribution in [0.2, 0.25) is 0 Å². The maximum Gasteiger partial charge on any atom is 0.119 e. The lowest BCUT2D eigenvalue weighted by atomic mass is 9.95. The maximum absolute atomic E-state index is 6.08. The first-order valence-corrected chi connectivity index (χ1v) is 7.85. The lowest BCUT2D eigenvalue weighted by Gasteiger charge is -2.28. The first-order valence-electron chi connectivity index (χ1n) is 7.85. The van der Waals surface area contributed by atoms with Crippen molar-refractivity contribution in [2.24, 2.45) is 0 Å². The van der Waals surface area contributed by atoms with Gasteiger partial charge in [-0.05, 0) is 49.8 Å². The zero-order chi connectivity index (χ0) is 13.8. The zero-order valence-electron chi connectivity index (χ0n) is 12.3. The van der Waals surface area contributed by atoms with Gasteiger partial charge in [0.15, 0.2) is 0 Å². The minimum absolute atomic E-state index is 0.309. The van der Waals surface area contributed by atoms with Crippen LogP contribution in [0.4, 0.5) is 0 Å². The minimum atomic E-state index is 0.309. The van der Waals surface area contributed by atoms with E-state index in [1.807, 2.05) is 0 Å². The molecule has 3 rings (SSSR count). The number of benzene rings is 1. The van der Waals surface area contributed by atoms with Crippen molar-refractivity contribution < 1.29 is 9.47 Å². The quantitative estimate of drug-likeness (QED) is 0.864. The fraction of sp³-hybridized carbons (Fsp3) is 0.647. The van der Waals surface area contributed by atoms with Gasteiger partial charge in [0.25, 0.3) is 0 Å². The molecule has 1 N–H and O–H groups in total. The summed E-state index contributed by atoms with van der Waals surface area (Å²) in [6.45, 7) is 0.972. The van der Waals surface area contributed by atoms with E-state index in [0.29, 0.717) is 12.2 Å². The van der Waals surface area contributed by atoms with Crippen molar-refractivity contribution in [3.8, 4) is 5.75 Å². The van der Waals surface area contributed by atoms with E-state index in [4.69, 9.17) is 9.47 Å². The van der Waals surface area contributed by atoms with Gasteiger partial charge in [0, 0.05) is 26.1 Å². The van der Waals surface area contributed by atoms with E-state index < -0.39 is 0 Å². The molecule has 20 heavy (non-hydrogen) atoms. The molecule has 3 heteroatoms. The Labute approximate surface area is 121 Å². The van der Waals surface area contributed by atoms with Crippen LogP contribution in [0, 0.1) is 0 Å². The highest BCUT2D eigenvalue weighted by Gasteiger charge is 2.23. The van der Waals surface area contributed by atoms with Crippen molar-refractivity contribution >= 4 is 0 Å². The lowest BCUT2D eigenvalue weighted by molar-refractivity contribution is 0.0209. The molecule has 2 saturated carbocycles. The molecule has 110 valence electrons. The average Bonchev–Trinajstić information content (AvgIpc) is 3.31. The molecule has 0 radical (unpaired) electrons.